The third-order valence-corrected chi connectivity index (χ3v) is 7.01. The van der Waals surface area contributed by atoms with Crippen molar-refractivity contribution in [2.24, 2.45) is 0 Å². The van der Waals surface area contributed by atoms with Gasteiger partial charge in [-0.15, -0.1) is 0 Å². The first kappa shape index (κ1) is 24.4. The molecule has 1 atom stereocenters. The third kappa shape index (κ3) is 6.37. The van der Waals surface area contributed by atoms with Gasteiger partial charge in [0.25, 0.3) is 5.91 Å². The van der Waals surface area contributed by atoms with E-state index in [9.17, 15) is 13.2 Å². The number of rotatable bonds is 8. The molecule has 0 radical (unpaired) electrons. The number of amides is 1. The number of halogens is 3. The van der Waals surface area contributed by atoms with Gasteiger partial charge in [0.2, 0.25) is 10.0 Å². The Labute approximate surface area is 201 Å². The van der Waals surface area contributed by atoms with E-state index in [0.29, 0.717) is 11.4 Å². The van der Waals surface area contributed by atoms with E-state index in [-0.39, 0.29) is 26.6 Å². The maximum atomic E-state index is 12.6. The van der Waals surface area contributed by atoms with E-state index < -0.39 is 22.0 Å². The lowest BCUT2D eigenvalue weighted by Gasteiger charge is -2.15. The summed E-state index contributed by atoms with van der Waals surface area (Å²) in [7, 11) is -3.73. The van der Waals surface area contributed by atoms with Crippen molar-refractivity contribution in [1.82, 2.24) is 4.72 Å². The first-order chi connectivity index (χ1) is 15.2. The lowest BCUT2D eigenvalue weighted by Crippen LogP contribution is -2.26. The number of nitrogens with one attached hydrogen (secondary N) is 2. The molecule has 0 unspecified atom stereocenters. The molecule has 168 valence electrons. The van der Waals surface area contributed by atoms with Crippen LogP contribution < -0.4 is 14.8 Å². The van der Waals surface area contributed by atoms with E-state index in [1.165, 1.54) is 36.4 Å². The molecule has 0 aliphatic heterocycles. The van der Waals surface area contributed by atoms with Crippen molar-refractivity contribution in [3.8, 4) is 5.75 Å². The molecule has 0 bridgehead atoms. The van der Waals surface area contributed by atoms with Gasteiger partial charge in [-0.3, -0.25) is 4.79 Å². The van der Waals surface area contributed by atoms with Gasteiger partial charge in [-0.05, 0) is 48.9 Å². The number of sulfonamides is 1. The lowest BCUT2D eigenvalue weighted by atomic mass is 10.1. The zero-order chi connectivity index (χ0) is 23.3. The Hall–Kier alpha value is -2.29. The maximum Gasteiger partial charge on any atom is 0.262 e. The van der Waals surface area contributed by atoms with E-state index in [0.717, 1.165) is 5.56 Å². The molecule has 10 heteroatoms. The minimum atomic E-state index is -3.73. The lowest BCUT2D eigenvalue weighted by molar-refractivity contribution is -0.118. The minimum absolute atomic E-state index is 0.0830. The van der Waals surface area contributed by atoms with Gasteiger partial charge < -0.3 is 10.1 Å². The topological polar surface area (TPSA) is 84.5 Å². The molecule has 3 rings (SSSR count). The highest BCUT2D eigenvalue weighted by Crippen LogP contribution is 2.32. The molecule has 0 aliphatic carbocycles. The molecule has 0 aromatic heterocycles. The van der Waals surface area contributed by atoms with Crippen molar-refractivity contribution >= 4 is 56.4 Å². The molecule has 0 saturated heterocycles. The predicted octanol–water partition coefficient (Wildman–Crippen LogP) is 5.70. The summed E-state index contributed by atoms with van der Waals surface area (Å²) in [5, 5.41) is 3.33. The van der Waals surface area contributed by atoms with Crippen LogP contribution in [0, 0.1) is 0 Å². The molecule has 1 amide bonds. The zero-order valence-electron chi connectivity index (χ0n) is 16.8. The van der Waals surface area contributed by atoms with Crippen LogP contribution in [0.4, 0.5) is 5.69 Å². The van der Waals surface area contributed by atoms with Crippen molar-refractivity contribution < 1.29 is 17.9 Å². The van der Waals surface area contributed by atoms with Crippen LogP contribution in [0.2, 0.25) is 15.1 Å². The Morgan fingerprint density at radius 2 is 1.56 bits per heavy atom. The van der Waals surface area contributed by atoms with Gasteiger partial charge in [0, 0.05) is 6.04 Å². The summed E-state index contributed by atoms with van der Waals surface area (Å²) in [4.78, 5) is 12.2. The Balaban J connectivity index is 1.58. The Morgan fingerprint density at radius 1 is 0.938 bits per heavy atom. The Kier molecular flexibility index (Phi) is 8.03. The second kappa shape index (κ2) is 10.6. The Bertz CT molecular complexity index is 1200. The molecular formula is C22H19Cl3N2O4S. The highest BCUT2D eigenvalue weighted by Gasteiger charge is 2.18. The van der Waals surface area contributed by atoms with E-state index in [1.54, 1.807) is 6.92 Å². The molecule has 3 aromatic rings. The number of carbonyl (C=O) groups excluding carboxylic acids is 1. The molecule has 32 heavy (non-hydrogen) atoms. The molecule has 3 aromatic carbocycles. The molecule has 0 heterocycles. The van der Waals surface area contributed by atoms with Gasteiger partial charge in [-0.2, -0.15) is 0 Å². The highest BCUT2D eigenvalue weighted by atomic mass is 35.5. The summed E-state index contributed by atoms with van der Waals surface area (Å²) in [6.45, 7) is 1.45. The summed E-state index contributed by atoms with van der Waals surface area (Å²) in [5.74, 6) is -0.143. The quantitative estimate of drug-likeness (QED) is 0.378. The van der Waals surface area contributed by atoms with Crippen LogP contribution in [0.1, 0.15) is 18.5 Å². The number of benzene rings is 3. The van der Waals surface area contributed by atoms with Gasteiger partial charge in [0.15, 0.2) is 6.61 Å². The van der Waals surface area contributed by atoms with Crippen LogP contribution in [0.25, 0.3) is 0 Å². The van der Waals surface area contributed by atoms with E-state index in [1.807, 2.05) is 30.3 Å². The minimum Gasteiger partial charge on any atom is -0.484 e. The van der Waals surface area contributed by atoms with Crippen LogP contribution in [0.3, 0.4) is 0 Å². The van der Waals surface area contributed by atoms with Crippen molar-refractivity contribution in [1.29, 1.82) is 0 Å². The van der Waals surface area contributed by atoms with E-state index >= 15 is 0 Å². The molecule has 6 nitrogen and oxygen atoms in total. The molecule has 0 fully saturated rings. The third-order valence-electron chi connectivity index (χ3n) is 4.42. The zero-order valence-corrected chi connectivity index (χ0v) is 19.9. The largest absolute Gasteiger partial charge is 0.484 e. The summed E-state index contributed by atoms with van der Waals surface area (Å²) in [6, 6.07) is 17.5. The van der Waals surface area contributed by atoms with E-state index in [4.69, 9.17) is 39.5 Å². The Morgan fingerprint density at radius 3 is 2.22 bits per heavy atom. The number of anilines is 1. The molecule has 0 aliphatic rings. The maximum absolute atomic E-state index is 12.6. The normalized spacial score (nSPS) is 12.2. The van der Waals surface area contributed by atoms with Crippen molar-refractivity contribution in [2.45, 2.75) is 17.9 Å². The summed E-state index contributed by atoms with van der Waals surface area (Å²) in [5.41, 5.74) is 1.15. The number of ether oxygens (including phenoxy) is 1. The summed E-state index contributed by atoms with van der Waals surface area (Å²) in [6.07, 6.45) is 0. The van der Waals surface area contributed by atoms with Crippen molar-refractivity contribution in [2.75, 3.05) is 11.9 Å². The first-order valence-electron chi connectivity index (χ1n) is 9.40. The molecular weight excluding hydrogens is 495 g/mol. The fourth-order valence-corrected chi connectivity index (χ4v) is 4.61. The van der Waals surface area contributed by atoms with Crippen LogP contribution in [-0.2, 0) is 14.8 Å². The molecule has 0 spiro atoms. The van der Waals surface area contributed by atoms with Crippen molar-refractivity contribution in [3.05, 3.63) is 87.4 Å². The van der Waals surface area contributed by atoms with Crippen LogP contribution >= 0.6 is 34.8 Å². The second-order valence-electron chi connectivity index (χ2n) is 6.81. The van der Waals surface area contributed by atoms with Gasteiger partial charge >= 0.3 is 0 Å². The average molecular weight is 514 g/mol. The van der Waals surface area contributed by atoms with Gasteiger partial charge in [-0.25, -0.2) is 13.1 Å². The number of carbonyl (C=O) groups is 1. The summed E-state index contributed by atoms with van der Waals surface area (Å²) >= 11 is 17.8. The van der Waals surface area contributed by atoms with E-state index in [2.05, 4.69) is 10.0 Å². The SMILES string of the molecule is C[C@@H](NS(=O)(=O)c1ccc(OCC(=O)Nc2cc(Cl)c(Cl)cc2Cl)cc1)c1ccccc1. The standard InChI is InChI=1S/C22H19Cl3N2O4S/c1-14(15-5-3-2-4-6-15)27-32(29,30)17-9-7-16(8-10-17)31-13-22(28)26-21-12-19(24)18(23)11-20(21)25/h2-12,14,27H,13H2,1H3,(H,26,28)/t14-/m1/s1. The smallest absolute Gasteiger partial charge is 0.262 e. The van der Waals surface area contributed by atoms with Gasteiger partial charge in [0.1, 0.15) is 5.75 Å². The fraction of sp³-hybridized carbons (Fsp3) is 0.136. The van der Waals surface area contributed by atoms with Gasteiger partial charge in [0.05, 0.1) is 25.7 Å². The van der Waals surface area contributed by atoms with Crippen LogP contribution in [0.15, 0.2) is 71.6 Å². The first-order valence-corrected chi connectivity index (χ1v) is 12.0. The number of hydrogen-bond acceptors (Lipinski definition) is 4. The second-order valence-corrected chi connectivity index (χ2v) is 9.74. The monoisotopic (exact) mass is 512 g/mol. The summed E-state index contributed by atoms with van der Waals surface area (Å²) < 4.78 is 33.3. The van der Waals surface area contributed by atoms with Gasteiger partial charge in [-0.1, -0.05) is 65.1 Å². The predicted molar refractivity (Wildman–Crippen MR) is 127 cm³/mol. The number of hydrogen-bond donors (Lipinski definition) is 2. The average Bonchev–Trinajstić information content (AvgIpc) is 2.76. The van der Waals surface area contributed by atoms with Crippen LogP contribution in [-0.4, -0.2) is 20.9 Å². The fourth-order valence-electron chi connectivity index (χ4n) is 2.78. The molecule has 0 saturated carbocycles. The van der Waals surface area contributed by atoms with Crippen molar-refractivity contribution in [3.63, 3.8) is 0 Å². The van der Waals surface area contributed by atoms with Crippen LogP contribution in [0.5, 0.6) is 5.75 Å². The molecule has 2 N–H and O–H groups in total. The highest BCUT2D eigenvalue weighted by molar-refractivity contribution is 7.89.